The average Bonchev–Trinajstić information content (AvgIpc) is 2.80. The lowest BCUT2D eigenvalue weighted by Gasteiger charge is -2.60. The number of carbonyl (C=O) groups is 1. The van der Waals surface area contributed by atoms with Gasteiger partial charge in [-0.2, -0.15) is 0 Å². The van der Waals surface area contributed by atoms with Gasteiger partial charge in [-0.1, -0.05) is 45.8 Å². The quantitative estimate of drug-likeness (QED) is 0.601. The molecule has 1 N–H and O–H groups in total. The van der Waals surface area contributed by atoms with E-state index in [1.807, 2.05) is 6.92 Å². The fourth-order valence-electron chi connectivity index (χ4n) is 6.29. The fraction of sp³-hybridized carbons (Fsp3) is 0.857. The van der Waals surface area contributed by atoms with Gasteiger partial charge >= 0.3 is 5.97 Å². The Morgan fingerprint density at radius 1 is 1.46 bits per heavy atom. The highest BCUT2D eigenvalue weighted by Gasteiger charge is 2.63. The van der Waals surface area contributed by atoms with Crippen molar-refractivity contribution in [2.45, 2.75) is 72.3 Å². The van der Waals surface area contributed by atoms with E-state index >= 15 is 0 Å². The minimum atomic E-state index is -0.202. The molecule has 2 bridgehead atoms. The highest BCUT2D eigenvalue weighted by molar-refractivity contribution is 5.71. The van der Waals surface area contributed by atoms with E-state index in [1.54, 1.807) is 5.57 Å². The Morgan fingerprint density at radius 2 is 2.17 bits per heavy atom. The number of rotatable bonds is 5. The maximum Gasteiger partial charge on any atom is 0.308 e. The van der Waals surface area contributed by atoms with Crippen LogP contribution in [-0.2, 0) is 9.53 Å². The van der Waals surface area contributed by atoms with Gasteiger partial charge in [-0.15, -0.1) is 0 Å². The molecule has 0 heterocycles. The highest BCUT2D eigenvalue weighted by Crippen LogP contribution is 2.68. The van der Waals surface area contributed by atoms with Crippen molar-refractivity contribution in [3.8, 4) is 0 Å². The van der Waals surface area contributed by atoms with Crippen molar-refractivity contribution in [3.05, 3.63) is 11.6 Å². The first-order valence-corrected chi connectivity index (χ1v) is 9.72. The van der Waals surface area contributed by atoms with Gasteiger partial charge < -0.3 is 9.84 Å². The van der Waals surface area contributed by atoms with Crippen molar-refractivity contribution in [1.82, 2.24) is 0 Å². The summed E-state index contributed by atoms with van der Waals surface area (Å²) in [7, 11) is 1.47. The minimum absolute atomic E-state index is 0.00612. The normalized spacial score (nSPS) is 40.8. The molecule has 0 aromatic carbocycles. The second-order valence-electron chi connectivity index (χ2n) is 9.23. The Bertz CT molecular complexity index is 535. The number of hydrogen-bond donors (Lipinski definition) is 1. The molecule has 0 aromatic rings. The van der Waals surface area contributed by atoms with E-state index in [-0.39, 0.29) is 28.8 Å². The molecule has 6 atom stereocenters. The van der Waals surface area contributed by atoms with Gasteiger partial charge in [0, 0.05) is 5.41 Å². The summed E-state index contributed by atoms with van der Waals surface area (Å²) in [4.78, 5) is 11.7. The number of methoxy groups -OCH3 is 1. The van der Waals surface area contributed by atoms with E-state index in [0.29, 0.717) is 17.8 Å². The van der Waals surface area contributed by atoms with Gasteiger partial charge in [0.05, 0.1) is 19.1 Å². The molecule has 4 rings (SSSR count). The van der Waals surface area contributed by atoms with Gasteiger partial charge in [0.15, 0.2) is 0 Å². The summed E-state index contributed by atoms with van der Waals surface area (Å²) in [5.74, 6) is 1.41. The van der Waals surface area contributed by atoms with Crippen molar-refractivity contribution in [3.63, 3.8) is 0 Å². The Kier molecular flexibility index (Phi) is 4.61. The number of esters is 1. The summed E-state index contributed by atoms with van der Waals surface area (Å²) >= 11 is 0. The lowest BCUT2D eigenvalue weighted by atomic mass is 9.45. The molecule has 2 saturated carbocycles. The molecule has 0 aliphatic heterocycles. The topological polar surface area (TPSA) is 46.5 Å². The molecular weight excluding hydrogens is 300 g/mol. The predicted molar refractivity (Wildman–Crippen MR) is 95.3 cm³/mol. The molecule has 0 saturated heterocycles. The van der Waals surface area contributed by atoms with Crippen LogP contribution in [0.15, 0.2) is 11.6 Å². The van der Waals surface area contributed by atoms with E-state index < -0.39 is 0 Å². The van der Waals surface area contributed by atoms with Crippen LogP contribution in [0.25, 0.3) is 0 Å². The molecule has 0 aromatic heterocycles. The van der Waals surface area contributed by atoms with Gasteiger partial charge in [-0.25, -0.2) is 0 Å². The second kappa shape index (κ2) is 6.16. The summed E-state index contributed by atoms with van der Waals surface area (Å²) in [5.41, 5.74) is 1.79. The van der Waals surface area contributed by atoms with Crippen LogP contribution in [0, 0.1) is 34.5 Å². The Morgan fingerprint density at radius 3 is 2.83 bits per heavy atom. The molecule has 3 nitrogen and oxygen atoms in total. The predicted octanol–water partition coefficient (Wildman–Crippen LogP) is 4.35. The summed E-state index contributed by atoms with van der Waals surface area (Å²) in [6.45, 7) is 8.96. The van der Waals surface area contributed by atoms with Crippen molar-refractivity contribution < 1.29 is 14.6 Å². The molecular formula is C21H34O3. The summed E-state index contributed by atoms with van der Waals surface area (Å²) < 4.78 is 4.86. The van der Waals surface area contributed by atoms with E-state index in [4.69, 9.17) is 4.74 Å². The van der Waals surface area contributed by atoms with E-state index in [1.165, 1.54) is 13.5 Å². The third kappa shape index (κ3) is 2.46. The summed E-state index contributed by atoms with van der Waals surface area (Å²) in [6.07, 6.45) is 8.77. The zero-order chi connectivity index (χ0) is 17.7. The van der Waals surface area contributed by atoms with Gasteiger partial charge in [0.1, 0.15) is 0 Å². The molecule has 6 unspecified atom stereocenters. The van der Waals surface area contributed by atoms with Crippen LogP contribution >= 0.6 is 0 Å². The van der Waals surface area contributed by atoms with Crippen LogP contribution in [0.4, 0.5) is 0 Å². The zero-order valence-corrected chi connectivity index (χ0v) is 16.0. The number of carbonyl (C=O) groups excluding carboxylic acids is 1. The second-order valence-corrected chi connectivity index (χ2v) is 9.23. The Labute approximate surface area is 146 Å². The van der Waals surface area contributed by atoms with Crippen LogP contribution < -0.4 is 0 Å². The number of hydrogen-bond acceptors (Lipinski definition) is 3. The lowest BCUT2D eigenvalue weighted by Crippen LogP contribution is -2.55. The summed E-state index contributed by atoms with van der Waals surface area (Å²) in [6, 6.07) is 0. The largest absolute Gasteiger partial charge is 0.469 e. The van der Waals surface area contributed by atoms with Gasteiger partial charge in [0.25, 0.3) is 0 Å². The smallest absolute Gasteiger partial charge is 0.308 e. The van der Waals surface area contributed by atoms with Crippen molar-refractivity contribution in [1.29, 1.82) is 0 Å². The average molecular weight is 335 g/mol. The van der Waals surface area contributed by atoms with Gasteiger partial charge in [-0.05, 0) is 55.3 Å². The third-order valence-corrected chi connectivity index (χ3v) is 7.69. The van der Waals surface area contributed by atoms with Crippen molar-refractivity contribution >= 4 is 5.97 Å². The third-order valence-electron chi connectivity index (χ3n) is 7.69. The zero-order valence-electron chi connectivity index (χ0n) is 16.0. The lowest BCUT2D eigenvalue weighted by molar-refractivity contribution is -0.145. The number of aliphatic hydroxyl groups excluding tert-OH is 1. The first-order chi connectivity index (χ1) is 11.2. The van der Waals surface area contributed by atoms with Crippen LogP contribution in [0.1, 0.15) is 66.2 Å². The number of aliphatic hydroxyl groups is 1. The maximum absolute atomic E-state index is 11.7. The Hall–Kier alpha value is -0.830. The van der Waals surface area contributed by atoms with Gasteiger partial charge in [-0.3, -0.25) is 4.79 Å². The van der Waals surface area contributed by atoms with E-state index in [9.17, 15) is 9.90 Å². The molecule has 24 heavy (non-hydrogen) atoms. The molecule has 1 spiro atoms. The maximum atomic E-state index is 11.7. The van der Waals surface area contributed by atoms with Crippen LogP contribution in [0.5, 0.6) is 0 Å². The molecule has 0 radical (unpaired) electrons. The highest BCUT2D eigenvalue weighted by atomic mass is 16.5. The SMILES string of the molecule is COC(=O)C(C)CCCC1C(C)(C)C2C=C3CC(C)C(O)C31CC2. The summed E-state index contributed by atoms with van der Waals surface area (Å²) in [5, 5.41) is 11.1. The molecule has 3 heteroatoms. The van der Waals surface area contributed by atoms with Crippen molar-refractivity contribution in [2.24, 2.45) is 34.5 Å². The standard InChI is InChI=1S/C21H34O3/c1-13(19(23)24-5)7-6-8-17-20(3,4)15-9-10-21(17)16(12-15)11-14(2)18(21)22/h12-15,17-18,22H,6-11H2,1-5H3. The number of fused-ring (bicyclic) bond motifs is 2. The first-order valence-electron chi connectivity index (χ1n) is 9.72. The van der Waals surface area contributed by atoms with Crippen LogP contribution in [0.3, 0.4) is 0 Å². The van der Waals surface area contributed by atoms with E-state index in [0.717, 1.165) is 32.1 Å². The van der Waals surface area contributed by atoms with Crippen molar-refractivity contribution in [2.75, 3.05) is 7.11 Å². The Balaban J connectivity index is 1.78. The molecule has 4 aliphatic carbocycles. The fourth-order valence-corrected chi connectivity index (χ4v) is 6.29. The molecule has 4 aliphatic rings. The first kappa shape index (κ1) is 18.0. The van der Waals surface area contributed by atoms with E-state index in [2.05, 4.69) is 26.8 Å². The molecule has 0 amide bonds. The monoisotopic (exact) mass is 334 g/mol. The molecule has 136 valence electrons. The van der Waals surface area contributed by atoms with Gasteiger partial charge in [0.2, 0.25) is 0 Å². The number of ether oxygens (including phenoxy) is 1. The van der Waals surface area contributed by atoms with Crippen LogP contribution in [-0.4, -0.2) is 24.3 Å². The minimum Gasteiger partial charge on any atom is -0.469 e. The molecule has 2 fully saturated rings. The van der Waals surface area contributed by atoms with Crippen LogP contribution in [0.2, 0.25) is 0 Å². The number of allylic oxidation sites excluding steroid dienone is 1.